The summed E-state index contributed by atoms with van der Waals surface area (Å²) >= 11 is 0. The minimum Gasteiger partial charge on any atom is -0.481 e. The molecular formula is C4H9O7P. The van der Waals surface area contributed by atoms with Gasteiger partial charge in [0.15, 0.2) is 0 Å². The Morgan fingerprint density at radius 2 is 1.50 bits per heavy atom. The number of hydrogen-bond donors (Lipinski definition) is 3. The van der Waals surface area contributed by atoms with Gasteiger partial charge in [0.05, 0.1) is 0 Å². The molecule has 3 N–H and O–H groups in total. The van der Waals surface area contributed by atoms with Crippen LogP contribution in [0.5, 0.6) is 0 Å². The number of carboxylic acids is 1. The summed E-state index contributed by atoms with van der Waals surface area (Å²) in [7, 11) is -4.57. The zero-order valence-electron chi connectivity index (χ0n) is 6.42. The highest BCUT2D eigenvalue weighted by Gasteiger charge is 2.16. The van der Waals surface area contributed by atoms with Crippen molar-refractivity contribution in [1.29, 1.82) is 0 Å². The smallest absolute Gasteiger partial charge is 0.481 e. The van der Waals surface area contributed by atoms with Gasteiger partial charge in [0.1, 0.15) is 0 Å². The van der Waals surface area contributed by atoms with Gasteiger partial charge in [-0.2, -0.15) is 0 Å². The van der Waals surface area contributed by atoms with Crippen molar-refractivity contribution in [3.8, 4) is 0 Å². The molecule has 0 aliphatic heterocycles. The van der Waals surface area contributed by atoms with Crippen LogP contribution < -0.4 is 0 Å². The molecule has 0 aromatic heterocycles. The Morgan fingerprint density at radius 3 is 1.50 bits per heavy atom. The molecule has 12 heavy (non-hydrogen) atoms. The molecule has 0 fully saturated rings. The molecule has 7 nitrogen and oxygen atoms in total. The van der Waals surface area contributed by atoms with Crippen LogP contribution in [-0.4, -0.2) is 26.8 Å². The van der Waals surface area contributed by atoms with Crippen molar-refractivity contribution in [3.63, 3.8) is 0 Å². The standard InChI is InChI=1S/C2H5O5P.C2H4O2/c1-2(3)7-8(4,5)6;1-2(3)4/h1H3,(H2,4,5,6);1H3,(H,3,4). The fraction of sp³-hybridized carbons (Fsp3) is 0.500. The molecule has 0 spiro atoms. The number of phosphoric ester groups is 1. The van der Waals surface area contributed by atoms with Gasteiger partial charge in [-0.25, -0.2) is 4.57 Å². The van der Waals surface area contributed by atoms with Gasteiger partial charge in [0.25, 0.3) is 5.97 Å². The first-order valence-corrected chi connectivity index (χ1v) is 4.13. The summed E-state index contributed by atoms with van der Waals surface area (Å²) in [6.07, 6.45) is 0. The van der Waals surface area contributed by atoms with Gasteiger partial charge in [-0.05, 0) is 0 Å². The topological polar surface area (TPSA) is 121 Å². The average molecular weight is 200 g/mol. The van der Waals surface area contributed by atoms with Crippen LogP contribution in [0.3, 0.4) is 0 Å². The van der Waals surface area contributed by atoms with Crippen molar-refractivity contribution in [1.82, 2.24) is 0 Å². The zero-order valence-corrected chi connectivity index (χ0v) is 7.32. The number of phosphoric acid groups is 1. The highest BCUT2D eigenvalue weighted by Crippen LogP contribution is 2.35. The van der Waals surface area contributed by atoms with Crippen molar-refractivity contribution >= 4 is 19.8 Å². The predicted octanol–water partition coefficient (Wildman–Crippen LogP) is -0.267. The molecule has 0 heterocycles. The Bertz CT molecular complexity index is 199. The lowest BCUT2D eigenvalue weighted by Crippen LogP contribution is -1.94. The third kappa shape index (κ3) is 35.6. The summed E-state index contributed by atoms with van der Waals surface area (Å²) in [6.45, 7) is 2.00. The number of carbonyl (C=O) groups is 2. The largest absolute Gasteiger partial charge is 0.526 e. The van der Waals surface area contributed by atoms with Gasteiger partial charge < -0.3 is 9.63 Å². The van der Waals surface area contributed by atoms with Crippen LogP contribution in [0.15, 0.2) is 0 Å². The Labute approximate surface area is 68.2 Å². The van der Waals surface area contributed by atoms with Crippen LogP contribution in [0.4, 0.5) is 0 Å². The summed E-state index contributed by atoms with van der Waals surface area (Å²) in [4.78, 5) is 34.5. The highest BCUT2D eigenvalue weighted by molar-refractivity contribution is 7.46. The van der Waals surface area contributed by atoms with Crippen molar-refractivity contribution in [2.45, 2.75) is 13.8 Å². The highest BCUT2D eigenvalue weighted by atomic mass is 31.2. The van der Waals surface area contributed by atoms with Crippen LogP contribution in [0.2, 0.25) is 0 Å². The van der Waals surface area contributed by atoms with E-state index in [1.54, 1.807) is 0 Å². The molecule has 0 aromatic rings. The maximum absolute atomic E-state index is 9.74. The van der Waals surface area contributed by atoms with Crippen molar-refractivity contribution in [2.75, 3.05) is 0 Å². The van der Waals surface area contributed by atoms with E-state index >= 15 is 0 Å². The number of rotatable bonds is 1. The molecule has 0 rings (SSSR count). The quantitative estimate of drug-likeness (QED) is 0.498. The number of aliphatic carboxylic acids is 1. The van der Waals surface area contributed by atoms with E-state index in [-0.39, 0.29) is 0 Å². The maximum Gasteiger partial charge on any atom is 0.526 e. The molecule has 0 saturated heterocycles. The normalized spacial score (nSPS) is 9.33. The molecule has 0 bridgehead atoms. The molecule has 0 aliphatic carbocycles. The summed E-state index contributed by atoms with van der Waals surface area (Å²) in [6, 6.07) is 0. The maximum atomic E-state index is 9.74. The number of carbonyl (C=O) groups excluding carboxylic acids is 1. The zero-order chi connectivity index (χ0) is 10.4. The van der Waals surface area contributed by atoms with Crippen LogP contribution in [-0.2, 0) is 18.7 Å². The molecule has 0 aliphatic rings. The minimum atomic E-state index is -4.57. The number of hydrogen-bond acceptors (Lipinski definition) is 4. The first-order chi connectivity index (χ1) is 5.15. The third-order valence-electron chi connectivity index (χ3n) is 0.247. The first-order valence-electron chi connectivity index (χ1n) is 2.60. The Hall–Kier alpha value is -0.910. The molecule has 0 unspecified atom stereocenters. The molecule has 0 radical (unpaired) electrons. The van der Waals surface area contributed by atoms with E-state index in [1.165, 1.54) is 0 Å². The second-order valence-electron chi connectivity index (χ2n) is 1.59. The van der Waals surface area contributed by atoms with Crippen molar-refractivity contribution < 1.29 is 33.6 Å². The lowest BCUT2D eigenvalue weighted by molar-refractivity contribution is -0.135. The van der Waals surface area contributed by atoms with Crippen LogP contribution in [0.1, 0.15) is 13.8 Å². The van der Waals surface area contributed by atoms with E-state index in [4.69, 9.17) is 19.7 Å². The molecule has 0 aromatic carbocycles. The van der Waals surface area contributed by atoms with Crippen molar-refractivity contribution in [2.24, 2.45) is 0 Å². The van der Waals surface area contributed by atoms with Crippen LogP contribution in [0, 0.1) is 0 Å². The van der Waals surface area contributed by atoms with E-state index in [1.807, 2.05) is 0 Å². The van der Waals surface area contributed by atoms with Gasteiger partial charge in [-0.15, -0.1) is 0 Å². The fourth-order valence-corrected chi connectivity index (χ4v) is 0.502. The lowest BCUT2D eigenvalue weighted by atomic mass is 10.9. The summed E-state index contributed by atoms with van der Waals surface area (Å²) in [5.41, 5.74) is 0. The molecule has 0 atom stereocenters. The minimum absolute atomic E-state index is 0.833. The number of carboxylic acid groups (broad SMARTS) is 1. The Morgan fingerprint density at radius 1 is 1.25 bits per heavy atom. The Kier molecular flexibility index (Phi) is 6.49. The van der Waals surface area contributed by atoms with E-state index in [0.29, 0.717) is 0 Å². The van der Waals surface area contributed by atoms with Gasteiger partial charge in [0.2, 0.25) is 0 Å². The molecular weight excluding hydrogens is 191 g/mol. The Balaban J connectivity index is 0. The first kappa shape index (κ1) is 13.7. The van der Waals surface area contributed by atoms with Crippen LogP contribution >= 0.6 is 7.82 Å². The molecule has 8 heteroatoms. The third-order valence-corrected chi connectivity index (χ3v) is 0.742. The van der Waals surface area contributed by atoms with E-state index in [2.05, 4.69) is 4.52 Å². The SMILES string of the molecule is CC(=O)O.CC(=O)OP(=O)(O)O. The molecule has 0 amide bonds. The van der Waals surface area contributed by atoms with Crippen LogP contribution in [0.25, 0.3) is 0 Å². The van der Waals surface area contributed by atoms with Gasteiger partial charge in [-0.3, -0.25) is 19.4 Å². The lowest BCUT2D eigenvalue weighted by Gasteiger charge is -1.98. The van der Waals surface area contributed by atoms with Gasteiger partial charge >= 0.3 is 13.8 Å². The summed E-state index contributed by atoms with van der Waals surface area (Å²) < 4.78 is 13.2. The summed E-state index contributed by atoms with van der Waals surface area (Å²) in [5.74, 6) is -1.82. The van der Waals surface area contributed by atoms with E-state index < -0.39 is 19.8 Å². The second kappa shape index (κ2) is 5.70. The van der Waals surface area contributed by atoms with Gasteiger partial charge in [-0.1, -0.05) is 0 Å². The van der Waals surface area contributed by atoms with Crippen molar-refractivity contribution in [3.05, 3.63) is 0 Å². The second-order valence-corrected chi connectivity index (χ2v) is 2.76. The monoisotopic (exact) mass is 200 g/mol. The average Bonchev–Trinajstić information content (AvgIpc) is 1.52. The van der Waals surface area contributed by atoms with E-state index in [0.717, 1.165) is 13.8 Å². The van der Waals surface area contributed by atoms with Gasteiger partial charge in [0, 0.05) is 13.8 Å². The molecule has 0 saturated carbocycles. The summed E-state index contributed by atoms with van der Waals surface area (Å²) in [5, 5.41) is 7.42. The predicted molar refractivity (Wildman–Crippen MR) is 37.1 cm³/mol. The molecule has 72 valence electrons. The van der Waals surface area contributed by atoms with E-state index in [9.17, 15) is 9.36 Å². The fourth-order valence-electron chi connectivity index (χ4n) is 0.167.